The van der Waals surface area contributed by atoms with Crippen LogP contribution in [0.3, 0.4) is 0 Å². The molecule has 0 saturated heterocycles. The molecular formula is C3H9BF2NO2P. The van der Waals surface area contributed by atoms with Crippen LogP contribution in [0.15, 0.2) is 0 Å². The van der Waals surface area contributed by atoms with Gasteiger partial charge in [-0.25, -0.2) is 0 Å². The third kappa shape index (κ3) is 5.05. The second-order valence-corrected chi connectivity index (χ2v) is 2.65. The zero-order valence-corrected chi connectivity index (χ0v) is 6.70. The van der Waals surface area contributed by atoms with Crippen LogP contribution >= 0.6 is 8.77 Å². The van der Waals surface area contributed by atoms with Crippen molar-refractivity contribution in [2.24, 2.45) is 5.73 Å². The molecule has 0 aliphatic carbocycles. The van der Waals surface area contributed by atoms with Gasteiger partial charge in [0, 0.05) is 7.11 Å². The van der Waals surface area contributed by atoms with E-state index >= 15 is 0 Å². The van der Waals surface area contributed by atoms with Crippen LogP contribution in [0.5, 0.6) is 0 Å². The molecule has 0 aliphatic heterocycles. The van der Waals surface area contributed by atoms with Crippen LogP contribution in [0, 0.1) is 0 Å². The van der Waals surface area contributed by atoms with E-state index in [4.69, 9.17) is 5.73 Å². The molecule has 0 radical (unpaired) electrons. The molecule has 0 bridgehead atoms. The molecule has 0 heterocycles. The molecule has 0 aromatic rings. The maximum absolute atomic E-state index is 11.4. The number of rotatable bonds is 4. The summed E-state index contributed by atoms with van der Waals surface area (Å²) < 4.78 is 31.5. The lowest BCUT2D eigenvalue weighted by Crippen LogP contribution is -2.45. The van der Waals surface area contributed by atoms with Crippen molar-refractivity contribution in [1.29, 1.82) is 0 Å². The number of nitrogens with two attached hydrogens (primary N) is 1. The largest absolute Gasteiger partial charge is 0.400 e. The fraction of sp³-hybridized carbons (Fsp3) is 1.00. The summed E-state index contributed by atoms with van der Waals surface area (Å²) in [6.07, 6.45) is 0. The molecule has 1 unspecified atom stereocenters. The maximum atomic E-state index is 11.4. The molecule has 10 heavy (non-hydrogen) atoms. The van der Waals surface area contributed by atoms with Crippen LogP contribution in [-0.4, -0.2) is 20.2 Å². The quantitative estimate of drug-likeness (QED) is 0.386. The second kappa shape index (κ2) is 4.18. The van der Waals surface area contributed by atoms with Gasteiger partial charge in [0.05, 0.1) is 0 Å². The Morgan fingerprint density at radius 2 is 2.10 bits per heavy atom. The van der Waals surface area contributed by atoms with Crippen LogP contribution in [-0.2, 0) is 9.18 Å². The molecule has 7 heteroatoms. The summed E-state index contributed by atoms with van der Waals surface area (Å²) in [5.41, 5.74) is 4.18. The van der Waals surface area contributed by atoms with Gasteiger partial charge in [-0.15, -0.1) is 0 Å². The van der Waals surface area contributed by atoms with E-state index in [1.165, 1.54) is 14.0 Å². The number of halogens is 2. The van der Waals surface area contributed by atoms with Gasteiger partial charge in [-0.05, 0) is 6.92 Å². The van der Waals surface area contributed by atoms with Crippen molar-refractivity contribution >= 4 is 16.3 Å². The van der Waals surface area contributed by atoms with E-state index in [0.29, 0.717) is 0 Å². The first-order valence-electron chi connectivity index (χ1n) is 2.56. The summed E-state index contributed by atoms with van der Waals surface area (Å²) in [6, 6.07) is 0. The summed E-state index contributed by atoms with van der Waals surface area (Å²) in [6.45, 7) is 1.46. The summed E-state index contributed by atoms with van der Waals surface area (Å²) in [4.78, 5) is 0. The molecule has 0 amide bonds. The van der Waals surface area contributed by atoms with Gasteiger partial charge in [0.2, 0.25) is 0 Å². The predicted molar refractivity (Wildman–Crippen MR) is 37.0 cm³/mol. The van der Waals surface area contributed by atoms with E-state index in [1.807, 2.05) is 0 Å². The highest BCUT2D eigenvalue weighted by Gasteiger charge is 2.23. The average molecular weight is 171 g/mol. The van der Waals surface area contributed by atoms with Crippen molar-refractivity contribution in [3.8, 4) is 0 Å². The Morgan fingerprint density at radius 1 is 1.60 bits per heavy atom. The van der Waals surface area contributed by atoms with Crippen LogP contribution < -0.4 is 5.73 Å². The van der Waals surface area contributed by atoms with Gasteiger partial charge in [-0.1, -0.05) is 0 Å². The molecule has 1 atom stereocenters. The molecule has 0 spiro atoms. The standard InChI is InChI=1S/C3H9BF2NO2P/c1-3(7,8-2)4-9-10(5)6/h4H,7H2,1-2H3. The second-order valence-electron chi connectivity index (χ2n) is 1.99. The molecule has 0 fully saturated rings. The highest BCUT2D eigenvalue weighted by atomic mass is 31.2. The van der Waals surface area contributed by atoms with Gasteiger partial charge in [-0.2, -0.15) is 8.39 Å². The van der Waals surface area contributed by atoms with E-state index in [0.717, 1.165) is 0 Å². The molecule has 0 saturated carbocycles. The predicted octanol–water partition coefficient (Wildman–Crippen LogP) is 0.799. The topological polar surface area (TPSA) is 44.5 Å². The molecule has 0 aromatic heterocycles. The van der Waals surface area contributed by atoms with Gasteiger partial charge in [0.25, 0.3) is 0 Å². The van der Waals surface area contributed by atoms with Crippen molar-refractivity contribution in [3.63, 3.8) is 0 Å². The van der Waals surface area contributed by atoms with Crippen molar-refractivity contribution in [1.82, 2.24) is 0 Å². The Balaban J connectivity index is 3.46. The van der Waals surface area contributed by atoms with Gasteiger partial charge < -0.3 is 14.9 Å². The molecule has 0 aliphatic rings. The first-order chi connectivity index (χ1) is 4.48. The smallest absolute Gasteiger partial charge is 0.370 e. The van der Waals surface area contributed by atoms with E-state index in [1.54, 1.807) is 0 Å². The number of methoxy groups -OCH3 is 1. The average Bonchev–Trinajstić information content (AvgIpc) is 1.85. The molecule has 0 aromatic carbocycles. The Bertz CT molecular complexity index is 105. The van der Waals surface area contributed by atoms with Gasteiger partial charge in [0.1, 0.15) is 5.62 Å². The Labute approximate surface area is 60.2 Å². The first-order valence-corrected chi connectivity index (χ1v) is 3.61. The van der Waals surface area contributed by atoms with Gasteiger partial charge in [-0.3, -0.25) is 0 Å². The lowest BCUT2D eigenvalue weighted by atomic mass is 9.86. The lowest BCUT2D eigenvalue weighted by Gasteiger charge is -2.19. The normalized spacial score (nSPS) is 17.0. The third-order valence-electron chi connectivity index (χ3n) is 0.915. The fourth-order valence-corrected chi connectivity index (χ4v) is 0.590. The number of ether oxygens (including phenoxy) is 1. The molecule has 2 N–H and O–H groups in total. The third-order valence-corrected chi connectivity index (χ3v) is 1.24. The first kappa shape index (κ1) is 10.2. The van der Waals surface area contributed by atoms with Gasteiger partial charge in [0.15, 0.2) is 0 Å². The van der Waals surface area contributed by atoms with Crippen LogP contribution in [0.4, 0.5) is 8.39 Å². The summed E-state index contributed by atoms with van der Waals surface area (Å²) >= 11 is 0. The highest BCUT2D eigenvalue weighted by molar-refractivity contribution is 7.42. The van der Waals surface area contributed by atoms with Crippen molar-refractivity contribution in [2.75, 3.05) is 7.11 Å². The van der Waals surface area contributed by atoms with E-state index in [9.17, 15) is 8.39 Å². The zero-order chi connectivity index (χ0) is 8.20. The Morgan fingerprint density at radius 3 is 2.40 bits per heavy atom. The number of hydrogen-bond acceptors (Lipinski definition) is 3. The molecule has 3 nitrogen and oxygen atoms in total. The zero-order valence-electron chi connectivity index (χ0n) is 5.80. The van der Waals surface area contributed by atoms with Crippen molar-refractivity contribution in [2.45, 2.75) is 12.5 Å². The van der Waals surface area contributed by atoms with Crippen LogP contribution in [0.1, 0.15) is 6.92 Å². The van der Waals surface area contributed by atoms with Crippen molar-refractivity contribution < 1.29 is 17.6 Å². The highest BCUT2D eigenvalue weighted by Crippen LogP contribution is 2.39. The van der Waals surface area contributed by atoms with Crippen LogP contribution in [0.2, 0.25) is 0 Å². The summed E-state index contributed by atoms with van der Waals surface area (Å²) in [7, 11) is -2.28. The fourth-order valence-electron chi connectivity index (χ4n) is 0.236. The minimum absolute atomic E-state index is 0.289. The number of hydrogen-bond donors (Lipinski definition) is 1. The van der Waals surface area contributed by atoms with Crippen LogP contribution in [0.25, 0.3) is 0 Å². The molecular weight excluding hydrogens is 162 g/mol. The lowest BCUT2D eigenvalue weighted by molar-refractivity contribution is 0.0737. The SMILES string of the molecule is COC(C)(N)BOP(F)F. The van der Waals surface area contributed by atoms with E-state index in [2.05, 4.69) is 9.18 Å². The van der Waals surface area contributed by atoms with E-state index in [-0.39, 0.29) is 7.48 Å². The van der Waals surface area contributed by atoms with E-state index < -0.39 is 14.4 Å². The Hall–Kier alpha value is 0.235. The van der Waals surface area contributed by atoms with Gasteiger partial charge >= 0.3 is 16.3 Å². The minimum Gasteiger partial charge on any atom is -0.370 e. The maximum Gasteiger partial charge on any atom is 0.400 e. The Kier molecular flexibility index (Phi) is 4.28. The molecule has 0 rings (SSSR count). The summed E-state index contributed by atoms with van der Waals surface area (Å²) in [5, 5.41) is 0. The minimum atomic E-state index is -3.33. The summed E-state index contributed by atoms with van der Waals surface area (Å²) in [5.74, 6) is 0. The monoisotopic (exact) mass is 171 g/mol. The van der Waals surface area contributed by atoms with Crippen molar-refractivity contribution in [3.05, 3.63) is 0 Å². The molecule has 60 valence electrons.